The Bertz CT molecular complexity index is 435. The van der Waals surface area contributed by atoms with Crippen LogP contribution >= 0.6 is 15.9 Å². The topological polar surface area (TPSA) is 38.7 Å². The summed E-state index contributed by atoms with van der Waals surface area (Å²) in [6.07, 6.45) is 1.82. The van der Waals surface area contributed by atoms with Crippen LogP contribution in [-0.2, 0) is 12.8 Å². The third-order valence-corrected chi connectivity index (χ3v) is 4.38. The molecule has 0 saturated heterocycles. The standard InChI is InChI=1S/C13H15BrO3/c1-7(6-15)10-8-2-4-17-13(8)11(14)9-3-5-16-12(9)10/h7,15H,2-6H2,1H3. The highest BCUT2D eigenvalue weighted by molar-refractivity contribution is 9.10. The Kier molecular flexibility index (Phi) is 2.79. The lowest BCUT2D eigenvalue weighted by Gasteiger charge is -2.18. The van der Waals surface area contributed by atoms with Crippen molar-refractivity contribution in [2.75, 3.05) is 19.8 Å². The predicted octanol–water partition coefficient (Wildman–Crippen LogP) is 2.41. The van der Waals surface area contributed by atoms with Gasteiger partial charge in [-0.15, -0.1) is 0 Å². The van der Waals surface area contributed by atoms with E-state index in [9.17, 15) is 5.11 Å². The molecule has 0 amide bonds. The minimum atomic E-state index is 0.102. The average Bonchev–Trinajstić information content (AvgIpc) is 2.96. The van der Waals surface area contributed by atoms with E-state index < -0.39 is 0 Å². The van der Waals surface area contributed by atoms with Crippen molar-refractivity contribution in [2.24, 2.45) is 0 Å². The maximum atomic E-state index is 9.41. The van der Waals surface area contributed by atoms with E-state index in [4.69, 9.17) is 9.47 Å². The van der Waals surface area contributed by atoms with Gasteiger partial charge in [0.25, 0.3) is 0 Å². The lowest BCUT2D eigenvalue weighted by atomic mass is 9.91. The smallest absolute Gasteiger partial charge is 0.137 e. The van der Waals surface area contributed by atoms with E-state index >= 15 is 0 Å². The third kappa shape index (κ3) is 1.58. The molecule has 2 heterocycles. The number of hydrogen-bond donors (Lipinski definition) is 1. The summed E-state index contributed by atoms with van der Waals surface area (Å²) >= 11 is 3.62. The number of ether oxygens (including phenoxy) is 2. The molecule has 1 atom stereocenters. The second-order valence-corrected chi connectivity index (χ2v) is 5.42. The van der Waals surface area contributed by atoms with Crippen LogP contribution < -0.4 is 9.47 Å². The van der Waals surface area contributed by atoms with E-state index in [0.717, 1.165) is 47.6 Å². The molecular formula is C13H15BrO3. The lowest BCUT2D eigenvalue weighted by Crippen LogP contribution is -2.05. The van der Waals surface area contributed by atoms with Gasteiger partial charge in [0.05, 0.1) is 17.7 Å². The maximum Gasteiger partial charge on any atom is 0.137 e. The minimum Gasteiger partial charge on any atom is -0.493 e. The molecule has 0 saturated carbocycles. The number of halogens is 1. The Hall–Kier alpha value is -0.740. The molecular weight excluding hydrogens is 284 g/mol. The van der Waals surface area contributed by atoms with Gasteiger partial charge in [0.1, 0.15) is 11.5 Å². The van der Waals surface area contributed by atoms with Crippen LogP contribution in [0.3, 0.4) is 0 Å². The first-order valence-electron chi connectivity index (χ1n) is 5.97. The molecule has 92 valence electrons. The van der Waals surface area contributed by atoms with Gasteiger partial charge < -0.3 is 14.6 Å². The van der Waals surface area contributed by atoms with Crippen molar-refractivity contribution in [3.05, 3.63) is 21.2 Å². The number of aliphatic hydroxyl groups excluding tert-OH is 1. The number of hydrogen-bond acceptors (Lipinski definition) is 3. The zero-order chi connectivity index (χ0) is 12.0. The fourth-order valence-electron chi connectivity index (χ4n) is 2.70. The van der Waals surface area contributed by atoms with Crippen LogP contribution in [0.1, 0.15) is 29.5 Å². The number of benzene rings is 1. The number of fused-ring (bicyclic) bond motifs is 2. The van der Waals surface area contributed by atoms with Crippen LogP contribution in [0.4, 0.5) is 0 Å². The fourth-order valence-corrected chi connectivity index (χ4v) is 3.43. The molecule has 0 fully saturated rings. The van der Waals surface area contributed by atoms with E-state index in [2.05, 4.69) is 15.9 Å². The first-order valence-corrected chi connectivity index (χ1v) is 6.77. The molecule has 4 heteroatoms. The molecule has 17 heavy (non-hydrogen) atoms. The van der Waals surface area contributed by atoms with E-state index in [0.29, 0.717) is 0 Å². The molecule has 0 radical (unpaired) electrons. The molecule has 1 aromatic rings. The van der Waals surface area contributed by atoms with Gasteiger partial charge in [-0.3, -0.25) is 0 Å². The molecule has 1 unspecified atom stereocenters. The van der Waals surface area contributed by atoms with Gasteiger partial charge in [-0.1, -0.05) is 6.92 Å². The second kappa shape index (κ2) is 4.18. The molecule has 1 aromatic carbocycles. The number of aliphatic hydroxyl groups is 1. The van der Waals surface area contributed by atoms with Gasteiger partial charge in [0.2, 0.25) is 0 Å². The SMILES string of the molecule is CC(CO)c1c2c(c(Br)c3c1OCC3)OCC2. The summed E-state index contributed by atoms with van der Waals surface area (Å²) in [7, 11) is 0. The van der Waals surface area contributed by atoms with E-state index in [1.54, 1.807) is 0 Å². The maximum absolute atomic E-state index is 9.41. The van der Waals surface area contributed by atoms with Crippen LogP contribution in [0.15, 0.2) is 4.47 Å². The summed E-state index contributed by atoms with van der Waals surface area (Å²) in [5.41, 5.74) is 3.55. The minimum absolute atomic E-state index is 0.102. The number of rotatable bonds is 2. The summed E-state index contributed by atoms with van der Waals surface area (Å²) in [4.78, 5) is 0. The Morgan fingerprint density at radius 1 is 1.18 bits per heavy atom. The highest BCUT2D eigenvalue weighted by Gasteiger charge is 2.32. The van der Waals surface area contributed by atoms with Gasteiger partial charge in [0.15, 0.2) is 0 Å². The fraction of sp³-hybridized carbons (Fsp3) is 0.538. The van der Waals surface area contributed by atoms with E-state index in [-0.39, 0.29) is 12.5 Å². The van der Waals surface area contributed by atoms with E-state index in [1.807, 2.05) is 6.92 Å². The monoisotopic (exact) mass is 298 g/mol. The molecule has 2 aliphatic heterocycles. The second-order valence-electron chi connectivity index (χ2n) is 4.62. The summed E-state index contributed by atoms with van der Waals surface area (Å²) in [6.45, 7) is 3.62. The molecule has 1 N–H and O–H groups in total. The Morgan fingerprint density at radius 2 is 1.82 bits per heavy atom. The summed E-state index contributed by atoms with van der Waals surface area (Å²) < 4.78 is 12.5. The van der Waals surface area contributed by atoms with Crippen LogP contribution in [0.5, 0.6) is 11.5 Å². The molecule has 0 bridgehead atoms. The van der Waals surface area contributed by atoms with Crippen LogP contribution in [0.25, 0.3) is 0 Å². The predicted molar refractivity (Wildman–Crippen MR) is 68.0 cm³/mol. The zero-order valence-electron chi connectivity index (χ0n) is 9.75. The lowest BCUT2D eigenvalue weighted by molar-refractivity contribution is 0.268. The van der Waals surface area contributed by atoms with Gasteiger partial charge in [-0.2, -0.15) is 0 Å². The summed E-state index contributed by atoms with van der Waals surface area (Å²) in [5, 5.41) is 9.41. The Balaban J connectivity index is 2.26. The van der Waals surface area contributed by atoms with Crippen molar-refractivity contribution in [3.8, 4) is 11.5 Å². The van der Waals surface area contributed by atoms with Crippen molar-refractivity contribution < 1.29 is 14.6 Å². The molecule has 2 aliphatic rings. The third-order valence-electron chi connectivity index (χ3n) is 3.55. The average molecular weight is 299 g/mol. The van der Waals surface area contributed by atoms with Crippen LogP contribution in [-0.4, -0.2) is 24.9 Å². The van der Waals surface area contributed by atoms with Gasteiger partial charge >= 0.3 is 0 Å². The van der Waals surface area contributed by atoms with Gasteiger partial charge in [-0.25, -0.2) is 0 Å². The quantitative estimate of drug-likeness (QED) is 0.911. The van der Waals surface area contributed by atoms with Crippen molar-refractivity contribution in [3.63, 3.8) is 0 Å². The summed E-state index contributed by atoms with van der Waals surface area (Å²) in [6, 6.07) is 0. The first kappa shape index (κ1) is 11.4. The normalized spacial score (nSPS) is 18.3. The van der Waals surface area contributed by atoms with Crippen LogP contribution in [0.2, 0.25) is 0 Å². The molecule has 0 spiro atoms. The van der Waals surface area contributed by atoms with E-state index in [1.165, 1.54) is 11.1 Å². The van der Waals surface area contributed by atoms with Crippen LogP contribution in [0, 0.1) is 0 Å². The molecule has 3 nitrogen and oxygen atoms in total. The molecule has 0 aliphatic carbocycles. The molecule has 3 rings (SSSR count). The van der Waals surface area contributed by atoms with Gasteiger partial charge in [0, 0.05) is 42.1 Å². The Morgan fingerprint density at radius 3 is 2.53 bits per heavy atom. The van der Waals surface area contributed by atoms with Crippen molar-refractivity contribution >= 4 is 15.9 Å². The Labute approximate surface area is 109 Å². The van der Waals surface area contributed by atoms with Crippen molar-refractivity contribution in [1.82, 2.24) is 0 Å². The van der Waals surface area contributed by atoms with Crippen molar-refractivity contribution in [2.45, 2.75) is 25.7 Å². The highest BCUT2D eigenvalue weighted by Crippen LogP contribution is 2.49. The highest BCUT2D eigenvalue weighted by atomic mass is 79.9. The summed E-state index contributed by atoms with van der Waals surface area (Å²) in [5.74, 6) is 2.04. The molecule has 0 aromatic heterocycles. The van der Waals surface area contributed by atoms with Gasteiger partial charge in [-0.05, 0) is 15.9 Å². The first-order chi connectivity index (χ1) is 8.24. The largest absolute Gasteiger partial charge is 0.493 e. The zero-order valence-corrected chi connectivity index (χ0v) is 11.3. The van der Waals surface area contributed by atoms with Crippen molar-refractivity contribution in [1.29, 1.82) is 0 Å².